The Bertz CT molecular complexity index is 705. The van der Waals surface area contributed by atoms with Gasteiger partial charge in [-0.1, -0.05) is 23.7 Å². The van der Waals surface area contributed by atoms with Crippen molar-refractivity contribution in [1.82, 2.24) is 0 Å². The highest BCUT2D eigenvalue weighted by Gasteiger charge is 2.05. The Morgan fingerprint density at radius 1 is 1.19 bits per heavy atom. The first-order valence-corrected chi connectivity index (χ1v) is 6.79. The number of rotatable bonds is 4. The molecular weight excluding hydrogens is 288 g/mol. The standard InChI is InChI=1S/C17H15ClO3/c1-11-3-7-16(15(18)9-11)21-14-6-4-13(12(2)10-14)5-8-17(19)20/h3-10H,1-2H3,(H,19,20). The maximum absolute atomic E-state index is 10.5. The van der Waals surface area contributed by atoms with Gasteiger partial charge in [0.1, 0.15) is 11.5 Å². The molecule has 0 aliphatic carbocycles. The Morgan fingerprint density at radius 2 is 1.95 bits per heavy atom. The quantitative estimate of drug-likeness (QED) is 0.821. The van der Waals surface area contributed by atoms with Crippen LogP contribution >= 0.6 is 11.6 Å². The maximum Gasteiger partial charge on any atom is 0.328 e. The van der Waals surface area contributed by atoms with Gasteiger partial charge in [0, 0.05) is 6.08 Å². The number of aryl methyl sites for hydroxylation is 2. The molecule has 0 heterocycles. The van der Waals surface area contributed by atoms with Crippen LogP contribution in [0.25, 0.3) is 6.08 Å². The molecule has 4 heteroatoms. The minimum atomic E-state index is -0.971. The van der Waals surface area contributed by atoms with Crippen molar-refractivity contribution in [2.45, 2.75) is 13.8 Å². The Hall–Kier alpha value is -2.26. The van der Waals surface area contributed by atoms with E-state index in [4.69, 9.17) is 21.4 Å². The highest BCUT2D eigenvalue weighted by molar-refractivity contribution is 6.32. The lowest BCUT2D eigenvalue weighted by molar-refractivity contribution is -0.131. The lowest BCUT2D eigenvalue weighted by Crippen LogP contribution is -1.90. The van der Waals surface area contributed by atoms with E-state index in [1.165, 1.54) is 0 Å². The summed E-state index contributed by atoms with van der Waals surface area (Å²) >= 11 is 6.13. The summed E-state index contributed by atoms with van der Waals surface area (Å²) < 4.78 is 5.75. The van der Waals surface area contributed by atoms with E-state index in [1.807, 2.05) is 44.2 Å². The van der Waals surface area contributed by atoms with E-state index in [0.29, 0.717) is 16.5 Å². The molecule has 0 unspecified atom stereocenters. The summed E-state index contributed by atoms with van der Waals surface area (Å²) in [7, 11) is 0. The Kier molecular flexibility index (Phi) is 4.66. The van der Waals surface area contributed by atoms with Crippen LogP contribution in [0.2, 0.25) is 5.02 Å². The summed E-state index contributed by atoms with van der Waals surface area (Å²) in [6.45, 7) is 3.86. The predicted octanol–water partition coefficient (Wildman–Crippen LogP) is 4.85. The lowest BCUT2D eigenvalue weighted by Gasteiger charge is -2.10. The first-order valence-electron chi connectivity index (χ1n) is 6.41. The maximum atomic E-state index is 10.5. The van der Waals surface area contributed by atoms with Crippen LogP contribution in [0.1, 0.15) is 16.7 Å². The molecule has 0 amide bonds. The van der Waals surface area contributed by atoms with Gasteiger partial charge in [0.25, 0.3) is 0 Å². The van der Waals surface area contributed by atoms with Crippen molar-refractivity contribution in [2.24, 2.45) is 0 Å². The SMILES string of the molecule is Cc1ccc(Oc2ccc(C=CC(=O)O)c(C)c2)c(Cl)c1. The van der Waals surface area contributed by atoms with Crippen LogP contribution in [-0.4, -0.2) is 11.1 Å². The van der Waals surface area contributed by atoms with Gasteiger partial charge < -0.3 is 9.84 Å². The van der Waals surface area contributed by atoms with Gasteiger partial charge in [0.05, 0.1) is 5.02 Å². The Morgan fingerprint density at radius 3 is 2.57 bits per heavy atom. The molecule has 0 saturated carbocycles. The number of halogens is 1. The monoisotopic (exact) mass is 302 g/mol. The van der Waals surface area contributed by atoms with E-state index in [1.54, 1.807) is 12.1 Å². The molecule has 0 aromatic heterocycles. The number of ether oxygens (including phenoxy) is 1. The summed E-state index contributed by atoms with van der Waals surface area (Å²) in [5, 5.41) is 9.20. The van der Waals surface area contributed by atoms with E-state index in [-0.39, 0.29) is 0 Å². The van der Waals surface area contributed by atoms with Crippen molar-refractivity contribution >= 4 is 23.6 Å². The third-order valence-electron chi connectivity index (χ3n) is 2.96. The van der Waals surface area contributed by atoms with Gasteiger partial charge in [-0.3, -0.25) is 0 Å². The fraction of sp³-hybridized carbons (Fsp3) is 0.118. The molecule has 3 nitrogen and oxygen atoms in total. The molecule has 2 aromatic rings. The van der Waals surface area contributed by atoms with Crippen molar-refractivity contribution in [3.05, 3.63) is 64.2 Å². The molecule has 0 bridgehead atoms. The molecule has 21 heavy (non-hydrogen) atoms. The largest absolute Gasteiger partial charge is 0.478 e. The fourth-order valence-corrected chi connectivity index (χ4v) is 2.15. The van der Waals surface area contributed by atoms with E-state index in [9.17, 15) is 4.79 Å². The number of carboxylic acid groups (broad SMARTS) is 1. The highest BCUT2D eigenvalue weighted by Crippen LogP contribution is 2.31. The van der Waals surface area contributed by atoms with E-state index >= 15 is 0 Å². The average Bonchev–Trinajstić information content (AvgIpc) is 2.41. The molecule has 0 saturated heterocycles. The molecule has 0 atom stereocenters. The van der Waals surface area contributed by atoms with Gasteiger partial charge in [0.15, 0.2) is 0 Å². The van der Waals surface area contributed by atoms with Crippen LogP contribution in [-0.2, 0) is 4.79 Å². The van der Waals surface area contributed by atoms with E-state index in [2.05, 4.69) is 0 Å². The third-order valence-corrected chi connectivity index (χ3v) is 3.26. The number of carboxylic acids is 1. The zero-order valence-electron chi connectivity index (χ0n) is 11.8. The molecule has 2 aromatic carbocycles. The van der Waals surface area contributed by atoms with Crippen molar-refractivity contribution in [3.63, 3.8) is 0 Å². The minimum absolute atomic E-state index is 0.558. The van der Waals surface area contributed by atoms with E-state index in [0.717, 1.165) is 22.8 Å². The second-order valence-electron chi connectivity index (χ2n) is 4.73. The highest BCUT2D eigenvalue weighted by atomic mass is 35.5. The lowest BCUT2D eigenvalue weighted by atomic mass is 10.1. The van der Waals surface area contributed by atoms with Crippen LogP contribution in [0.15, 0.2) is 42.5 Å². The van der Waals surface area contributed by atoms with Crippen LogP contribution < -0.4 is 4.74 Å². The smallest absolute Gasteiger partial charge is 0.328 e. The van der Waals surface area contributed by atoms with Crippen molar-refractivity contribution < 1.29 is 14.6 Å². The minimum Gasteiger partial charge on any atom is -0.478 e. The molecule has 0 fully saturated rings. The fourth-order valence-electron chi connectivity index (χ4n) is 1.88. The van der Waals surface area contributed by atoms with Crippen molar-refractivity contribution in [1.29, 1.82) is 0 Å². The molecular formula is C17H15ClO3. The first-order chi connectivity index (χ1) is 9.95. The third kappa shape index (κ3) is 4.10. The zero-order chi connectivity index (χ0) is 15.4. The molecule has 0 aliphatic rings. The Balaban J connectivity index is 2.22. The van der Waals surface area contributed by atoms with Crippen LogP contribution in [0.4, 0.5) is 0 Å². The summed E-state index contributed by atoms with van der Waals surface area (Å²) in [5.74, 6) is 0.280. The first kappa shape index (κ1) is 15.1. The molecule has 0 radical (unpaired) electrons. The second kappa shape index (κ2) is 6.46. The Labute approximate surface area is 128 Å². The van der Waals surface area contributed by atoms with Gasteiger partial charge in [-0.05, 0) is 60.9 Å². The number of hydrogen-bond acceptors (Lipinski definition) is 2. The summed E-state index contributed by atoms with van der Waals surface area (Å²) in [6.07, 6.45) is 2.67. The molecule has 1 N–H and O–H groups in total. The number of benzene rings is 2. The molecule has 0 aliphatic heterocycles. The number of aliphatic carboxylic acids is 1. The summed E-state index contributed by atoms with van der Waals surface area (Å²) in [5.41, 5.74) is 2.82. The number of hydrogen-bond donors (Lipinski definition) is 1. The molecule has 2 rings (SSSR count). The summed E-state index contributed by atoms with van der Waals surface area (Å²) in [4.78, 5) is 10.5. The van der Waals surface area contributed by atoms with Crippen molar-refractivity contribution in [3.8, 4) is 11.5 Å². The molecule has 0 spiro atoms. The van der Waals surface area contributed by atoms with Gasteiger partial charge in [-0.25, -0.2) is 4.79 Å². The average molecular weight is 303 g/mol. The van der Waals surface area contributed by atoms with Gasteiger partial charge >= 0.3 is 5.97 Å². The molecule has 108 valence electrons. The second-order valence-corrected chi connectivity index (χ2v) is 5.13. The summed E-state index contributed by atoms with van der Waals surface area (Å²) in [6, 6.07) is 11.0. The van der Waals surface area contributed by atoms with E-state index < -0.39 is 5.97 Å². The predicted molar refractivity (Wildman–Crippen MR) is 84.1 cm³/mol. The van der Waals surface area contributed by atoms with Crippen LogP contribution in [0.5, 0.6) is 11.5 Å². The van der Waals surface area contributed by atoms with Crippen LogP contribution in [0, 0.1) is 13.8 Å². The van der Waals surface area contributed by atoms with Crippen molar-refractivity contribution in [2.75, 3.05) is 0 Å². The van der Waals surface area contributed by atoms with Gasteiger partial charge in [-0.2, -0.15) is 0 Å². The van der Waals surface area contributed by atoms with Gasteiger partial charge in [-0.15, -0.1) is 0 Å². The normalized spacial score (nSPS) is 10.8. The topological polar surface area (TPSA) is 46.5 Å². The number of carbonyl (C=O) groups is 1. The van der Waals surface area contributed by atoms with Gasteiger partial charge in [0.2, 0.25) is 0 Å². The van der Waals surface area contributed by atoms with Crippen LogP contribution in [0.3, 0.4) is 0 Å². The zero-order valence-corrected chi connectivity index (χ0v) is 12.5.